The number of rotatable bonds is 7. The lowest BCUT2D eigenvalue weighted by Crippen LogP contribution is -2.40. The van der Waals surface area contributed by atoms with Gasteiger partial charge in [-0.05, 0) is 62.0 Å². The zero-order chi connectivity index (χ0) is 19.8. The molecule has 6 heteroatoms. The zero-order valence-electron chi connectivity index (χ0n) is 16.7. The highest BCUT2D eigenvalue weighted by Crippen LogP contribution is 2.30. The molecule has 3 atom stereocenters. The normalized spacial score (nSPS) is 24.0. The summed E-state index contributed by atoms with van der Waals surface area (Å²) < 4.78 is 0. The lowest BCUT2D eigenvalue weighted by molar-refractivity contribution is -0.128. The second-order valence-corrected chi connectivity index (χ2v) is 9.57. The summed E-state index contributed by atoms with van der Waals surface area (Å²) in [5.74, 6) is 1.80. The van der Waals surface area contributed by atoms with Crippen LogP contribution in [0.15, 0.2) is 24.8 Å². The molecule has 0 bridgehead atoms. The van der Waals surface area contributed by atoms with Gasteiger partial charge in [-0.2, -0.15) is 0 Å². The van der Waals surface area contributed by atoms with Crippen molar-refractivity contribution < 1.29 is 9.59 Å². The first-order valence-electron chi connectivity index (χ1n) is 10.1. The molecule has 0 aromatic carbocycles. The van der Waals surface area contributed by atoms with Gasteiger partial charge in [0.2, 0.25) is 11.8 Å². The van der Waals surface area contributed by atoms with Gasteiger partial charge in [-0.25, -0.2) is 0 Å². The van der Waals surface area contributed by atoms with Gasteiger partial charge < -0.3 is 9.80 Å². The number of amides is 2. The zero-order valence-corrected chi connectivity index (χ0v) is 18.4. The first-order chi connectivity index (χ1) is 13.0. The standard InChI is InChI=1S/C21H34N2O2S2/c1-4-20(24)23-12-6-8-19(15-23)16(2)7-5-9-21(25)22-13-10-18(11-14-22)17(3)27-26/h4-5,9,16-19,26H,1,6-8,10-15H2,2-3H3/b9-5+/t16?,17?,19-/m0/s1. The van der Waals surface area contributed by atoms with E-state index in [1.54, 1.807) is 16.9 Å². The van der Waals surface area contributed by atoms with Gasteiger partial charge in [-0.3, -0.25) is 9.59 Å². The van der Waals surface area contributed by atoms with E-state index in [0.717, 1.165) is 58.3 Å². The smallest absolute Gasteiger partial charge is 0.246 e. The largest absolute Gasteiger partial charge is 0.339 e. The maximum absolute atomic E-state index is 12.4. The molecule has 2 aliphatic rings. The Labute approximate surface area is 173 Å². The summed E-state index contributed by atoms with van der Waals surface area (Å²) in [7, 11) is 1.62. The number of likely N-dealkylation sites (tertiary alicyclic amines) is 2. The summed E-state index contributed by atoms with van der Waals surface area (Å²) in [5.41, 5.74) is 0. The van der Waals surface area contributed by atoms with Gasteiger partial charge in [-0.1, -0.05) is 37.3 Å². The van der Waals surface area contributed by atoms with Crippen LogP contribution in [0.25, 0.3) is 0 Å². The number of allylic oxidation sites excluding steroid dienone is 1. The number of hydrogen-bond acceptors (Lipinski definition) is 4. The van der Waals surface area contributed by atoms with Crippen molar-refractivity contribution in [3.8, 4) is 0 Å². The van der Waals surface area contributed by atoms with Crippen LogP contribution < -0.4 is 0 Å². The number of hydrogen-bond donors (Lipinski definition) is 1. The fourth-order valence-electron chi connectivity index (χ4n) is 4.16. The SMILES string of the molecule is C=CC(=O)N1CCC[C@H](C(C)C/C=C/C(=O)N2CCC(C(C)SS)CC2)C1. The van der Waals surface area contributed by atoms with E-state index in [0.29, 0.717) is 23.0 Å². The monoisotopic (exact) mass is 410 g/mol. The summed E-state index contributed by atoms with van der Waals surface area (Å²) in [6, 6.07) is 0. The molecule has 27 heavy (non-hydrogen) atoms. The predicted octanol–water partition coefficient (Wildman–Crippen LogP) is 4.20. The first kappa shape index (κ1) is 22.4. The van der Waals surface area contributed by atoms with Crippen molar-refractivity contribution in [2.75, 3.05) is 26.2 Å². The molecule has 0 saturated carbocycles. The van der Waals surface area contributed by atoms with Gasteiger partial charge in [0.05, 0.1) is 0 Å². The van der Waals surface area contributed by atoms with Crippen LogP contribution >= 0.6 is 22.5 Å². The second kappa shape index (κ2) is 11.2. The predicted molar refractivity (Wildman–Crippen MR) is 118 cm³/mol. The molecular weight excluding hydrogens is 376 g/mol. The fraction of sp³-hybridized carbons (Fsp3) is 0.714. The Bertz CT molecular complexity index is 544. The molecule has 152 valence electrons. The van der Waals surface area contributed by atoms with Gasteiger partial charge in [0.1, 0.15) is 0 Å². The fourth-order valence-corrected chi connectivity index (χ4v) is 5.12. The van der Waals surface area contributed by atoms with Gasteiger partial charge in [-0.15, -0.1) is 11.7 Å². The summed E-state index contributed by atoms with van der Waals surface area (Å²) in [6.45, 7) is 11.4. The Hall–Kier alpha value is -0.880. The van der Waals surface area contributed by atoms with Gasteiger partial charge >= 0.3 is 0 Å². The van der Waals surface area contributed by atoms with Crippen LogP contribution in [0.2, 0.25) is 0 Å². The number of piperidine rings is 2. The van der Waals surface area contributed by atoms with Gasteiger partial charge in [0.15, 0.2) is 0 Å². The van der Waals surface area contributed by atoms with E-state index in [9.17, 15) is 9.59 Å². The summed E-state index contributed by atoms with van der Waals surface area (Å²) in [4.78, 5) is 28.1. The highest BCUT2D eigenvalue weighted by molar-refractivity contribution is 8.68. The minimum absolute atomic E-state index is 0.0339. The maximum Gasteiger partial charge on any atom is 0.246 e. The maximum atomic E-state index is 12.4. The van der Waals surface area contributed by atoms with E-state index in [4.69, 9.17) is 0 Å². The van der Waals surface area contributed by atoms with Crippen LogP contribution in [-0.2, 0) is 9.59 Å². The van der Waals surface area contributed by atoms with Crippen molar-refractivity contribution in [1.82, 2.24) is 9.80 Å². The molecule has 2 amide bonds. The Balaban J connectivity index is 1.75. The van der Waals surface area contributed by atoms with Crippen LogP contribution in [0.1, 0.15) is 46.0 Å². The number of carbonyl (C=O) groups is 2. The molecule has 2 unspecified atom stereocenters. The Kier molecular flexibility index (Phi) is 9.30. The first-order valence-corrected chi connectivity index (χ1v) is 12.1. The van der Waals surface area contributed by atoms with Crippen LogP contribution in [-0.4, -0.2) is 53.0 Å². The van der Waals surface area contributed by atoms with Gasteiger partial charge in [0.25, 0.3) is 0 Å². The minimum Gasteiger partial charge on any atom is -0.339 e. The molecule has 2 saturated heterocycles. The van der Waals surface area contributed by atoms with Crippen LogP contribution in [0.5, 0.6) is 0 Å². The summed E-state index contributed by atoms with van der Waals surface area (Å²) >= 11 is 4.32. The van der Waals surface area contributed by atoms with E-state index in [1.807, 2.05) is 15.9 Å². The number of thiol groups is 1. The van der Waals surface area contributed by atoms with Crippen LogP contribution in [0.3, 0.4) is 0 Å². The third kappa shape index (κ3) is 6.60. The van der Waals surface area contributed by atoms with Crippen molar-refractivity contribution in [2.45, 2.75) is 51.2 Å². The Morgan fingerprint density at radius 3 is 2.44 bits per heavy atom. The highest BCUT2D eigenvalue weighted by Gasteiger charge is 2.27. The third-order valence-electron chi connectivity index (χ3n) is 6.20. The van der Waals surface area contributed by atoms with E-state index < -0.39 is 0 Å². The van der Waals surface area contributed by atoms with Crippen molar-refractivity contribution in [3.63, 3.8) is 0 Å². The molecule has 0 aromatic heterocycles. The molecule has 0 aromatic rings. The van der Waals surface area contributed by atoms with Crippen molar-refractivity contribution >= 4 is 34.3 Å². The third-order valence-corrected chi connectivity index (χ3v) is 7.91. The molecule has 0 aliphatic carbocycles. The van der Waals surface area contributed by atoms with E-state index in [-0.39, 0.29) is 11.8 Å². The molecule has 0 N–H and O–H groups in total. The Morgan fingerprint density at radius 1 is 1.11 bits per heavy atom. The van der Waals surface area contributed by atoms with Crippen molar-refractivity contribution in [1.29, 1.82) is 0 Å². The summed E-state index contributed by atoms with van der Waals surface area (Å²) in [6.07, 6.45) is 10.4. The van der Waals surface area contributed by atoms with E-state index in [1.165, 1.54) is 6.08 Å². The molecule has 0 spiro atoms. The highest BCUT2D eigenvalue weighted by atomic mass is 33.1. The Morgan fingerprint density at radius 2 is 1.81 bits per heavy atom. The van der Waals surface area contributed by atoms with Crippen molar-refractivity contribution in [2.24, 2.45) is 17.8 Å². The topological polar surface area (TPSA) is 40.6 Å². The molecule has 2 aliphatic heterocycles. The lowest BCUT2D eigenvalue weighted by Gasteiger charge is -2.35. The van der Waals surface area contributed by atoms with Crippen LogP contribution in [0, 0.1) is 17.8 Å². The lowest BCUT2D eigenvalue weighted by atomic mass is 9.84. The quantitative estimate of drug-likeness (QED) is 0.388. The molecule has 0 radical (unpaired) electrons. The molecule has 2 rings (SSSR count). The average molecular weight is 411 g/mol. The summed E-state index contributed by atoms with van der Waals surface area (Å²) in [5, 5.41) is 0.546. The van der Waals surface area contributed by atoms with E-state index >= 15 is 0 Å². The van der Waals surface area contributed by atoms with E-state index in [2.05, 4.69) is 32.1 Å². The average Bonchev–Trinajstić information content (AvgIpc) is 2.72. The molecule has 4 nitrogen and oxygen atoms in total. The molecule has 2 fully saturated rings. The molecular formula is C21H34N2O2S2. The van der Waals surface area contributed by atoms with Gasteiger partial charge in [0, 0.05) is 31.4 Å². The molecule has 2 heterocycles. The minimum atomic E-state index is 0.0339. The number of carbonyl (C=O) groups excluding carboxylic acids is 2. The van der Waals surface area contributed by atoms with Crippen molar-refractivity contribution in [3.05, 3.63) is 24.8 Å². The second-order valence-electron chi connectivity index (χ2n) is 7.98. The number of nitrogens with zero attached hydrogens (tertiary/aromatic N) is 2. The van der Waals surface area contributed by atoms with Crippen LogP contribution in [0.4, 0.5) is 0 Å².